The van der Waals surface area contributed by atoms with Crippen molar-refractivity contribution in [3.05, 3.63) is 46.1 Å². The third-order valence-corrected chi connectivity index (χ3v) is 5.40. The van der Waals surface area contributed by atoms with E-state index in [4.69, 9.17) is 9.15 Å². The summed E-state index contributed by atoms with van der Waals surface area (Å²) in [4.78, 5) is 23.7. The van der Waals surface area contributed by atoms with E-state index >= 15 is 0 Å². The second kappa shape index (κ2) is 6.23. The van der Waals surface area contributed by atoms with Gasteiger partial charge < -0.3 is 14.1 Å². The standard InChI is InChI=1S/C15H13N3O3S2/c19-15(12-8-17-14(23-12)10-2-1-5-20-10)18-4-6-21-11(9-18)13-16-3-7-22-13/h1-3,5,7-8,11H,4,6,9H2. The summed E-state index contributed by atoms with van der Waals surface area (Å²) in [6.45, 7) is 1.61. The summed E-state index contributed by atoms with van der Waals surface area (Å²) in [6, 6.07) is 3.64. The molecule has 1 unspecified atom stereocenters. The van der Waals surface area contributed by atoms with Crippen LogP contribution in [0.25, 0.3) is 10.8 Å². The summed E-state index contributed by atoms with van der Waals surface area (Å²) in [7, 11) is 0. The van der Waals surface area contributed by atoms with Crippen molar-refractivity contribution in [2.24, 2.45) is 0 Å². The van der Waals surface area contributed by atoms with Gasteiger partial charge in [-0.15, -0.1) is 22.7 Å². The molecule has 3 aromatic rings. The van der Waals surface area contributed by atoms with Gasteiger partial charge >= 0.3 is 0 Å². The Morgan fingerprint density at radius 3 is 3.13 bits per heavy atom. The lowest BCUT2D eigenvalue weighted by molar-refractivity contribution is -0.0227. The largest absolute Gasteiger partial charge is 0.462 e. The molecule has 23 heavy (non-hydrogen) atoms. The Morgan fingerprint density at radius 1 is 1.39 bits per heavy atom. The minimum absolute atomic E-state index is 0.0230. The summed E-state index contributed by atoms with van der Waals surface area (Å²) in [6.07, 6.45) is 4.81. The van der Waals surface area contributed by atoms with E-state index in [2.05, 4.69) is 9.97 Å². The number of morpholine rings is 1. The zero-order valence-corrected chi connectivity index (χ0v) is 13.7. The second-order valence-corrected chi connectivity index (χ2v) is 6.94. The van der Waals surface area contributed by atoms with Crippen LogP contribution in [0, 0.1) is 0 Å². The van der Waals surface area contributed by atoms with E-state index in [0.717, 1.165) is 5.01 Å². The Balaban J connectivity index is 1.50. The van der Waals surface area contributed by atoms with Gasteiger partial charge in [-0.3, -0.25) is 4.79 Å². The van der Waals surface area contributed by atoms with E-state index in [0.29, 0.717) is 35.3 Å². The molecule has 118 valence electrons. The fourth-order valence-corrected chi connectivity index (χ4v) is 3.95. The highest BCUT2D eigenvalue weighted by molar-refractivity contribution is 7.16. The first kappa shape index (κ1) is 14.6. The zero-order chi connectivity index (χ0) is 15.6. The van der Waals surface area contributed by atoms with Crippen LogP contribution in [0.2, 0.25) is 0 Å². The molecule has 0 aliphatic carbocycles. The molecule has 1 amide bonds. The second-order valence-electron chi connectivity index (χ2n) is 4.99. The van der Waals surface area contributed by atoms with Gasteiger partial charge in [-0.2, -0.15) is 0 Å². The van der Waals surface area contributed by atoms with Crippen molar-refractivity contribution in [1.29, 1.82) is 0 Å². The summed E-state index contributed by atoms with van der Waals surface area (Å²) in [5.41, 5.74) is 0. The highest BCUT2D eigenvalue weighted by atomic mass is 32.1. The highest BCUT2D eigenvalue weighted by Gasteiger charge is 2.28. The van der Waals surface area contributed by atoms with Gasteiger partial charge in [0.2, 0.25) is 0 Å². The van der Waals surface area contributed by atoms with Crippen molar-refractivity contribution in [3.63, 3.8) is 0 Å². The van der Waals surface area contributed by atoms with Gasteiger partial charge in [0.1, 0.15) is 16.0 Å². The Hall–Kier alpha value is -2.03. The average molecular weight is 347 g/mol. The number of amides is 1. The van der Waals surface area contributed by atoms with Crippen LogP contribution in [-0.4, -0.2) is 40.5 Å². The van der Waals surface area contributed by atoms with Crippen molar-refractivity contribution in [2.75, 3.05) is 19.7 Å². The lowest BCUT2D eigenvalue weighted by Crippen LogP contribution is -2.42. The first-order chi connectivity index (χ1) is 11.3. The molecule has 6 nitrogen and oxygen atoms in total. The minimum atomic E-state index is -0.148. The van der Waals surface area contributed by atoms with Gasteiger partial charge in [0.05, 0.1) is 25.6 Å². The maximum absolute atomic E-state index is 12.7. The van der Waals surface area contributed by atoms with Gasteiger partial charge in [-0.05, 0) is 12.1 Å². The third-order valence-electron chi connectivity index (χ3n) is 3.53. The van der Waals surface area contributed by atoms with E-state index in [1.807, 2.05) is 11.4 Å². The molecular formula is C15H13N3O3S2. The molecule has 4 heterocycles. The maximum Gasteiger partial charge on any atom is 0.265 e. The quantitative estimate of drug-likeness (QED) is 0.728. The van der Waals surface area contributed by atoms with Gasteiger partial charge in [-0.1, -0.05) is 0 Å². The fraction of sp³-hybridized carbons (Fsp3) is 0.267. The van der Waals surface area contributed by atoms with Crippen LogP contribution in [0.1, 0.15) is 20.8 Å². The van der Waals surface area contributed by atoms with E-state index in [-0.39, 0.29) is 12.0 Å². The first-order valence-electron chi connectivity index (χ1n) is 7.11. The predicted octanol–water partition coefficient (Wildman–Crippen LogP) is 3.07. The molecule has 1 aliphatic heterocycles. The number of aromatic nitrogens is 2. The summed E-state index contributed by atoms with van der Waals surface area (Å²) >= 11 is 2.89. The van der Waals surface area contributed by atoms with E-state index in [1.165, 1.54) is 11.3 Å². The molecule has 0 spiro atoms. The van der Waals surface area contributed by atoms with Crippen LogP contribution in [0.15, 0.2) is 40.6 Å². The number of carbonyl (C=O) groups excluding carboxylic acids is 1. The predicted molar refractivity (Wildman–Crippen MR) is 86.5 cm³/mol. The van der Waals surface area contributed by atoms with Crippen molar-refractivity contribution in [1.82, 2.24) is 14.9 Å². The van der Waals surface area contributed by atoms with E-state index in [1.54, 1.807) is 41.0 Å². The fourth-order valence-electron chi connectivity index (χ4n) is 2.42. The molecule has 1 fully saturated rings. The zero-order valence-electron chi connectivity index (χ0n) is 12.0. The van der Waals surface area contributed by atoms with Crippen LogP contribution < -0.4 is 0 Å². The topological polar surface area (TPSA) is 68.5 Å². The van der Waals surface area contributed by atoms with Crippen molar-refractivity contribution < 1.29 is 13.9 Å². The SMILES string of the molecule is O=C(c1cnc(-c2ccco2)s1)N1CCOC(c2nccs2)C1. The lowest BCUT2D eigenvalue weighted by Gasteiger charge is -2.31. The van der Waals surface area contributed by atoms with Crippen LogP contribution in [-0.2, 0) is 4.74 Å². The summed E-state index contributed by atoms with van der Waals surface area (Å²) < 4.78 is 11.0. The molecule has 1 saturated heterocycles. The van der Waals surface area contributed by atoms with Crippen molar-refractivity contribution in [3.8, 4) is 10.8 Å². The van der Waals surface area contributed by atoms with Crippen LogP contribution >= 0.6 is 22.7 Å². The monoisotopic (exact) mass is 347 g/mol. The number of thiazole rings is 2. The van der Waals surface area contributed by atoms with Gasteiger partial charge in [-0.25, -0.2) is 9.97 Å². The molecule has 1 aliphatic rings. The average Bonchev–Trinajstić information content (AvgIpc) is 3.36. The minimum Gasteiger partial charge on any atom is -0.462 e. The van der Waals surface area contributed by atoms with E-state index in [9.17, 15) is 4.79 Å². The Kier molecular flexibility index (Phi) is 3.94. The van der Waals surface area contributed by atoms with Crippen LogP contribution in [0.5, 0.6) is 0 Å². The van der Waals surface area contributed by atoms with Crippen molar-refractivity contribution in [2.45, 2.75) is 6.10 Å². The number of hydrogen-bond acceptors (Lipinski definition) is 7. The molecule has 0 aromatic carbocycles. The molecule has 0 N–H and O–H groups in total. The smallest absolute Gasteiger partial charge is 0.265 e. The molecule has 0 saturated carbocycles. The summed E-state index contributed by atoms with van der Waals surface area (Å²) in [5, 5.41) is 3.53. The Bertz CT molecular complexity index is 783. The van der Waals surface area contributed by atoms with E-state index < -0.39 is 0 Å². The molecule has 3 aromatic heterocycles. The van der Waals surface area contributed by atoms with Crippen molar-refractivity contribution >= 4 is 28.6 Å². The van der Waals surface area contributed by atoms with Gasteiger partial charge in [0.25, 0.3) is 5.91 Å². The molecule has 8 heteroatoms. The number of nitrogens with zero attached hydrogens (tertiary/aromatic N) is 3. The van der Waals surface area contributed by atoms with Gasteiger partial charge in [0, 0.05) is 18.1 Å². The molecule has 1 atom stereocenters. The van der Waals surface area contributed by atoms with Crippen LogP contribution in [0.4, 0.5) is 0 Å². The Labute approximate surface area is 140 Å². The van der Waals surface area contributed by atoms with Gasteiger partial charge in [0.15, 0.2) is 10.8 Å². The molecular weight excluding hydrogens is 334 g/mol. The number of furan rings is 1. The number of rotatable bonds is 3. The summed E-state index contributed by atoms with van der Waals surface area (Å²) in [5.74, 6) is 0.654. The first-order valence-corrected chi connectivity index (χ1v) is 8.81. The molecule has 0 radical (unpaired) electrons. The van der Waals surface area contributed by atoms with Crippen LogP contribution in [0.3, 0.4) is 0 Å². The molecule has 0 bridgehead atoms. The number of ether oxygens (including phenoxy) is 1. The number of hydrogen-bond donors (Lipinski definition) is 0. The normalized spacial score (nSPS) is 18.3. The lowest BCUT2D eigenvalue weighted by atomic mass is 10.2. The number of carbonyl (C=O) groups is 1. The maximum atomic E-state index is 12.7. The highest BCUT2D eigenvalue weighted by Crippen LogP contribution is 2.28. The third kappa shape index (κ3) is 2.92. The molecule has 4 rings (SSSR count). The Morgan fingerprint density at radius 2 is 2.35 bits per heavy atom.